The van der Waals surface area contributed by atoms with Crippen LogP contribution in [0.1, 0.15) is 25.1 Å². The van der Waals surface area contributed by atoms with Crippen LogP contribution in [0.4, 0.5) is 5.69 Å². The van der Waals surface area contributed by atoms with Crippen LogP contribution in [0, 0.1) is 0 Å². The van der Waals surface area contributed by atoms with Gasteiger partial charge in [-0.25, -0.2) is 9.48 Å². The summed E-state index contributed by atoms with van der Waals surface area (Å²) in [5.74, 6) is 0.548. The first-order valence-electron chi connectivity index (χ1n) is 11.5. The number of aromatic nitrogens is 4. The summed E-state index contributed by atoms with van der Waals surface area (Å²) >= 11 is 0. The molecule has 9 heteroatoms. The van der Waals surface area contributed by atoms with E-state index in [0.717, 1.165) is 87.5 Å². The number of fused-ring (bicyclic) bond motifs is 2. The zero-order valence-corrected chi connectivity index (χ0v) is 18.3. The lowest BCUT2D eigenvalue weighted by Crippen LogP contribution is -2.38. The molecular formula is C23H30N6O3. The molecule has 4 heterocycles. The molecule has 32 heavy (non-hydrogen) atoms. The van der Waals surface area contributed by atoms with Crippen molar-refractivity contribution in [1.82, 2.24) is 23.8 Å². The molecule has 2 aromatic heterocycles. The molecule has 1 fully saturated rings. The molecule has 0 saturated carbocycles. The van der Waals surface area contributed by atoms with Gasteiger partial charge in [0.15, 0.2) is 0 Å². The maximum absolute atomic E-state index is 12.6. The Balaban J connectivity index is 1.22. The second-order valence-corrected chi connectivity index (χ2v) is 8.60. The summed E-state index contributed by atoms with van der Waals surface area (Å²) in [7, 11) is 0. The maximum atomic E-state index is 12.6. The molecule has 2 aliphatic heterocycles. The second-order valence-electron chi connectivity index (χ2n) is 8.60. The predicted octanol–water partition coefficient (Wildman–Crippen LogP) is 1.70. The fraction of sp³-hybridized carbons (Fsp3) is 0.522. The summed E-state index contributed by atoms with van der Waals surface area (Å²) in [6.45, 7) is 6.12. The van der Waals surface area contributed by atoms with Crippen LogP contribution in [0.5, 0.6) is 0 Å². The molecule has 0 radical (unpaired) electrons. The van der Waals surface area contributed by atoms with Gasteiger partial charge in [0.2, 0.25) is 5.91 Å². The number of benzene rings is 1. The van der Waals surface area contributed by atoms with E-state index in [-0.39, 0.29) is 18.1 Å². The summed E-state index contributed by atoms with van der Waals surface area (Å²) in [6, 6.07) is 8.00. The molecule has 0 unspecified atom stereocenters. The third kappa shape index (κ3) is 4.49. The number of carbonyl (C=O) groups is 1. The zero-order chi connectivity index (χ0) is 21.9. The monoisotopic (exact) mass is 438 g/mol. The molecule has 1 saturated heterocycles. The van der Waals surface area contributed by atoms with Crippen molar-refractivity contribution in [1.29, 1.82) is 0 Å². The third-order valence-corrected chi connectivity index (χ3v) is 6.39. The summed E-state index contributed by atoms with van der Waals surface area (Å²) in [4.78, 5) is 27.6. The third-order valence-electron chi connectivity index (χ3n) is 6.39. The summed E-state index contributed by atoms with van der Waals surface area (Å²) in [5.41, 5.74) is 1.68. The number of aryl methyl sites for hydroxylation is 1. The predicted molar refractivity (Wildman–Crippen MR) is 122 cm³/mol. The molecule has 1 aromatic carbocycles. The van der Waals surface area contributed by atoms with E-state index in [9.17, 15) is 9.59 Å². The van der Waals surface area contributed by atoms with E-state index in [1.165, 1.54) is 4.68 Å². The molecule has 0 atom stereocenters. The minimum atomic E-state index is -0.244. The Labute approximate surface area is 186 Å². The summed E-state index contributed by atoms with van der Waals surface area (Å²) in [5, 5.41) is 8.39. The van der Waals surface area contributed by atoms with E-state index in [2.05, 4.69) is 32.1 Å². The van der Waals surface area contributed by atoms with Crippen molar-refractivity contribution in [2.24, 2.45) is 0 Å². The van der Waals surface area contributed by atoms with E-state index in [4.69, 9.17) is 4.74 Å². The fourth-order valence-corrected chi connectivity index (χ4v) is 4.61. The molecule has 2 aliphatic rings. The van der Waals surface area contributed by atoms with Gasteiger partial charge < -0.3 is 14.6 Å². The van der Waals surface area contributed by atoms with Crippen molar-refractivity contribution < 1.29 is 9.53 Å². The highest BCUT2D eigenvalue weighted by molar-refractivity contribution is 5.93. The van der Waals surface area contributed by atoms with E-state index in [0.29, 0.717) is 6.54 Å². The molecule has 0 bridgehead atoms. The van der Waals surface area contributed by atoms with Gasteiger partial charge in [-0.1, -0.05) is 6.42 Å². The first kappa shape index (κ1) is 21.0. The molecule has 9 nitrogen and oxygen atoms in total. The lowest BCUT2D eigenvalue weighted by molar-refractivity contribution is -0.117. The summed E-state index contributed by atoms with van der Waals surface area (Å²) < 4.78 is 10.7. The molecule has 3 aromatic rings. The Bertz CT molecular complexity index is 1150. The Morgan fingerprint density at radius 3 is 2.81 bits per heavy atom. The number of hydrogen-bond acceptors (Lipinski definition) is 5. The quantitative estimate of drug-likeness (QED) is 0.633. The van der Waals surface area contributed by atoms with E-state index < -0.39 is 0 Å². The molecule has 1 amide bonds. The van der Waals surface area contributed by atoms with Crippen molar-refractivity contribution >= 4 is 22.5 Å². The van der Waals surface area contributed by atoms with Crippen LogP contribution < -0.4 is 11.0 Å². The highest BCUT2D eigenvalue weighted by Gasteiger charge is 2.17. The number of anilines is 1. The molecule has 0 aliphatic carbocycles. The van der Waals surface area contributed by atoms with Crippen LogP contribution in [0.25, 0.3) is 10.9 Å². The lowest BCUT2D eigenvalue weighted by Gasteiger charge is -2.26. The number of rotatable bonds is 6. The normalized spacial score (nSPS) is 17.2. The SMILES string of the molecule is O=C(Cn1nc2n(c1=O)CCCCC2)Nc1ccc2c(ccn2CCN2CCOCC2)c1. The van der Waals surface area contributed by atoms with Crippen LogP contribution in [-0.2, 0) is 35.6 Å². The van der Waals surface area contributed by atoms with Crippen LogP contribution in [0.3, 0.4) is 0 Å². The van der Waals surface area contributed by atoms with Crippen molar-refractivity contribution in [2.75, 3.05) is 38.2 Å². The van der Waals surface area contributed by atoms with E-state index >= 15 is 0 Å². The Morgan fingerprint density at radius 1 is 1.06 bits per heavy atom. The smallest absolute Gasteiger partial charge is 0.346 e. The molecule has 5 rings (SSSR count). The largest absolute Gasteiger partial charge is 0.379 e. The Morgan fingerprint density at radius 2 is 1.94 bits per heavy atom. The van der Waals surface area contributed by atoms with Crippen LogP contribution >= 0.6 is 0 Å². The van der Waals surface area contributed by atoms with Gasteiger partial charge in [-0.2, -0.15) is 5.10 Å². The van der Waals surface area contributed by atoms with Gasteiger partial charge in [0, 0.05) is 61.9 Å². The van der Waals surface area contributed by atoms with Gasteiger partial charge in [-0.15, -0.1) is 0 Å². The van der Waals surface area contributed by atoms with Gasteiger partial charge in [0.1, 0.15) is 12.4 Å². The van der Waals surface area contributed by atoms with Gasteiger partial charge in [0.25, 0.3) is 0 Å². The minimum absolute atomic E-state index is 0.0720. The standard InChI is InChI=1S/C23H30N6O3/c30-22(17-29-23(31)28-8-3-1-2-4-21(28)25-29)24-19-5-6-20-18(16-19)7-9-27(20)11-10-26-12-14-32-15-13-26/h5-7,9,16H,1-4,8,10-15,17H2,(H,24,30). The lowest BCUT2D eigenvalue weighted by atomic mass is 10.2. The highest BCUT2D eigenvalue weighted by atomic mass is 16.5. The van der Waals surface area contributed by atoms with Crippen molar-refractivity contribution in [3.05, 3.63) is 46.8 Å². The first-order valence-corrected chi connectivity index (χ1v) is 11.5. The Hall–Kier alpha value is -2.91. The van der Waals surface area contributed by atoms with Gasteiger partial charge in [-0.05, 0) is 37.1 Å². The molecular weight excluding hydrogens is 408 g/mol. The van der Waals surface area contributed by atoms with Crippen molar-refractivity contribution in [3.63, 3.8) is 0 Å². The topological polar surface area (TPSA) is 86.3 Å². The van der Waals surface area contributed by atoms with E-state index in [1.807, 2.05) is 18.2 Å². The van der Waals surface area contributed by atoms with Crippen molar-refractivity contribution in [2.45, 2.75) is 45.3 Å². The second kappa shape index (κ2) is 9.30. The number of carbonyl (C=O) groups excluding carboxylic acids is 1. The zero-order valence-electron chi connectivity index (χ0n) is 18.3. The highest BCUT2D eigenvalue weighted by Crippen LogP contribution is 2.21. The number of nitrogens with zero attached hydrogens (tertiary/aromatic N) is 5. The van der Waals surface area contributed by atoms with Crippen LogP contribution in [0.15, 0.2) is 35.3 Å². The molecule has 1 N–H and O–H groups in total. The first-order chi connectivity index (χ1) is 15.7. The molecule has 170 valence electrons. The van der Waals surface area contributed by atoms with Gasteiger partial charge >= 0.3 is 5.69 Å². The minimum Gasteiger partial charge on any atom is -0.379 e. The summed E-state index contributed by atoms with van der Waals surface area (Å²) in [6.07, 6.45) is 6.02. The van der Waals surface area contributed by atoms with E-state index in [1.54, 1.807) is 4.57 Å². The Kier molecular flexibility index (Phi) is 6.09. The van der Waals surface area contributed by atoms with Crippen LogP contribution in [0.2, 0.25) is 0 Å². The number of amides is 1. The van der Waals surface area contributed by atoms with Crippen LogP contribution in [-0.4, -0.2) is 62.6 Å². The van der Waals surface area contributed by atoms with Gasteiger partial charge in [-0.3, -0.25) is 14.3 Å². The van der Waals surface area contributed by atoms with Crippen molar-refractivity contribution in [3.8, 4) is 0 Å². The molecule has 0 spiro atoms. The van der Waals surface area contributed by atoms with Gasteiger partial charge in [0.05, 0.1) is 13.2 Å². The number of hydrogen-bond donors (Lipinski definition) is 1. The number of morpholine rings is 1. The number of nitrogens with one attached hydrogen (secondary N) is 1. The maximum Gasteiger partial charge on any atom is 0.346 e. The fourth-order valence-electron chi connectivity index (χ4n) is 4.61. The average molecular weight is 439 g/mol. The average Bonchev–Trinajstić information content (AvgIpc) is 3.23. The number of ether oxygens (including phenoxy) is 1.